The molecule has 1 N–H and O–H groups in total. The van der Waals surface area contributed by atoms with Gasteiger partial charge in [0, 0.05) is 23.7 Å². The van der Waals surface area contributed by atoms with Crippen molar-refractivity contribution < 1.29 is 4.79 Å². The molecule has 0 saturated carbocycles. The molecule has 158 valence electrons. The lowest BCUT2D eigenvalue weighted by Gasteiger charge is -2.17. The van der Waals surface area contributed by atoms with Crippen LogP contribution >= 0.6 is 34.4 Å². The molecule has 9 heteroatoms. The summed E-state index contributed by atoms with van der Waals surface area (Å²) in [6.07, 6.45) is 0. The van der Waals surface area contributed by atoms with Gasteiger partial charge < -0.3 is 5.32 Å². The van der Waals surface area contributed by atoms with Crippen molar-refractivity contribution >= 4 is 62.0 Å². The van der Waals surface area contributed by atoms with E-state index in [9.17, 15) is 4.79 Å². The third-order valence-electron chi connectivity index (χ3n) is 4.66. The van der Waals surface area contributed by atoms with Crippen LogP contribution in [0.25, 0.3) is 0 Å². The van der Waals surface area contributed by atoms with E-state index in [1.807, 2.05) is 47.8 Å². The first kappa shape index (κ1) is 21.5. The molecular weight excluding hydrogens is 446 g/mol. The van der Waals surface area contributed by atoms with Crippen LogP contribution < -0.4 is 10.2 Å². The summed E-state index contributed by atoms with van der Waals surface area (Å²) in [6.45, 7) is 5.73. The molecule has 2 aromatic carbocycles. The van der Waals surface area contributed by atoms with Gasteiger partial charge in [-0.2, -0.15) is 0 Å². The number of para-hydroxylation sites is 1. The fourth-order valence-corrected chi connectivity index (χ4v) is 5.57. The van der Waals surface area contributed by atoms with Crippen LogP contribution in [0.5, 0.6) is 0 Å². The van der Waals surface area contributed by atoms with Gasteiger partial charge in [0.15, 0.2) is 9.47 Å². The summed E-state index contributed by atoms with van der Waals surface area (Å²) in [5.41, 5.74) is 5.21. The number of benzene rings is 2. The Balaban J connectivity index is 1.41. The molecule has 2 aromatic heterocycles. The van der Waals surface area contributed by atoms with Gasteiger partial charge in [0.2, 0.25) is 11.0 Å². The molecule has 1 amide bonds. The van der Waals surface area contributed by atoms with E-state index in [4.69, 9.17) is 0 Å². The summed E-state index contributed by atoms with van der Waals surface area (Å²) >= 11 is 4.57. The van der Waals surface area contributed by atoms with E-state index in [0.717, 1.165) is 26.5 Å². The number of thiazole rings is 1. The average molecular weight is 468 g/mol. The standard InChI is InChI=1S/C22H21N5OS3/c1-14-8-7-11-19(15(14)2)24-20-25-26-22(31-20)30-13-17-12-29-21(23-17)27(16(3)28)18-9-5-4-6-10-18/h4-12H,13H2,1-3H3,(H,24,25). The molecular formula is C22H21N5OS3. The van der Waals surface area contributed by atoms with Crippen LogP contribution in [0.4, 0.5) is 21.6 Å². The number of hydrogen-bond donors (Lipinski definition) is 1. The fourth-order valence-electron chi connectivity index (χ4n) is 2.93. The van der Waals surface area contributed by atoms with Gasteiger partial charge in [-0.25, -0.2) is 4.98 Å². The molecule has 0 saturated heterocycles. The van der Waals surface area contributed by atoms with Crippen LogP contribution in [-0.4, -0.2) is 21.1 Å². The van der Waals surface area contributed by atoms with Crippen LogP contribution in [-0.2, 0) is 10.5 Å². The number of thioether (sulfide) groups is 1. The molecule has 2 heterocycles. The molecule has 0 aliphatic rings. The molecule has 4 aromatic rings. The van der Waals surface area contributed by atoms with Crippen molar-refractivity contribution in [2.45, 2.75) is 30.9 Å². The summed E-state index contributed by atoms with van der Waals surface area (Å²) in [5.74, 6) is 0.598. The Hall–Kier alpha value is -2.75. The van der Waals surface area contributed by atoms with E-state index in [1.54, 1.807) is 23.6 Å². The highest BCUT2D eigenvalue weighted by Crippen LogP contribution is 2.33. The molecule has 31 heavy (non-hydrogen) atoms. The summed E-state index contributed by atoms with van der Waals surface area (Å²) in [4.78, 5) is 18.5. The van der Waals surface area contributed by atoms with Crippen molar-refractivity contribution in [1.82, 2.24) is 15.2 Å². The lowest BCUT2D eigenvalue weighted by atomic mass is 10.1. The van der Waals surface area contributed by atoms with Crippen LogP contribution in [0.15, 0.2) is 58.3 Å². The highest BCUT2D eigenvalue weighted by atomic mass is 32.2. The van der Waals surface area contributed by atoms with E-state index < -0.39 is 0 Å². The Labute approximate surface area is 193 Å². The van der Waals surface area contributed by atoms with E-state index in [2.05, 4.69) is 40.4 Å². The minimum Gasteiger partial charge on any atom is -0.330 e. The minimum absolute atomic E-state index is 0.0639. The maximum Gasteiger partial charge on any atom is 0.230 e. The SMILES string of the molecule is CC(=O)N(c1ccccc1)c1nc(CSc2nnc(Nc3cccc(C)c3C)s2)cs1. The molecule has 4 rings (SSSR count). The number of carbonyl (C=O) groups excluding carboxylic acids is 1. The maximum atomic E-state index is 12.2. The topological polar surface area (TPSA) is 71.0 Å². The first-order chi connectivity index (χ1) is 15.0. The Kier molecular flexibility index (Phi) is 6.64. The van der Waals surface area contributed by atoms with Crippen LogP contribution in [0.1, 0.15) is 23.7 Å². The average Bonchev–Trinajstić information content (AvgIpc) is 3.40. The van der Waals surface area contributed by atoms with E-state index in [-0.39, 0.29) is 5.91 Å². The van der Waals surface area contributed by atoms with Gasteiger partial charge in [-0.05, 0) is 43.2 Å². The first-order valence-electron chi connectivity index (χ1n) is 9.61. The van der Waals surface area contributed by atoms with Gasteiger partial charge in [-0.15, -0.1) is 21.5 Å². The highest BCUT2D eigenvalue weighted by molar-refractivity contribution is 8.00. The zero-order valence-electron chi connectivity index (χ0n) is 17.3. The lowest BCUT2D eigenvalue weighted by Crippen LogP contribution is -2.22. The number of hydrogen-bond acceptors (Lipinski definition) is 8. The van der Waals surface area contributed by atoms with Crippen molar-refractivity contribution in [3.63, 3.8) is 0 Å². The van der Waals surface area contributed by atoms with E-state index in [1.165, 1.54) is 33.8 Å². The van der Waals surface area contributed by atoms with E-state index >= 15 is 0 Å². The predicted molar refractivity (Wildman–Crippen MR) is 130 cm³/mol. The quantitative estimate of drug-likeness (QED) is 0.320. The smallest absolute Gasteiger partial charge is 0.230 e. The van der Waals surface area contributed by atoms with E-state index in [0.29, 0.717) is 10.9 Å². The van der Waals surface area contributed by atoms with Crippen molar-refractivity contribution in [2.24, 2.45) is 0 Å². The number of aryl methyl sites for hydroxylation is 1. The highest BCUT2D eigenvalue weighted by Gasteiger charge is 2.18. The van der Waals surface area contributed by atoms with Gasteiger partial charge in [0.25, 0.3) is 0 Å². The largest absolute Gasteiger partial charge is 0.330 e. The zero-order chi connectivity index (χ0) is 21.8. The second-order valence-corrected chi connectivity index (χ2v) is 9.88. The van der Waals surface area contributed by atoms with Gasteiger partial charge in [0.05, 0.1) is 11.4 Å². The Morgan fingerprint density at radius 3 is 2.68 bits per heavy atom. The monoisotopic (exact) mass is 467 g/mol. The van der Waals surface area contributed by atoms with Gasteiger partial charge >= 0.3 is 0 Å². The molecule has 0 aliphatic heterocycles. The number of nitrogens with zero attached hydrogens (tertiary/aromatic N) is 4. The second kappa shape index (κ2) is 9.59. The van der Waals surface area contributed by atoms with Gasteiger partial charge in [-0.1, -0.05) is 53.4 Å². The second-order valence-electron chi connectivity index (χ2n) is 6.85. The summed E-state index contributed by atoms with van der Waals surface area (Å²) in [5, 5.41) is 15.3. The third kappa shape index (κ3) is 5.12. The first-order valence-corrected chi connectivity index (χ1v) is 12.3. The Bertz CT molecular complexity index is 1190. The molecule has 0 aliphatic carbocycles. The van der Waals surface area contributed by atoms with Crippen LogP contribution in [0.2, 0.25) is 0 Å². The molecule has 0 unspecified atom stereocenters. The van der Waals surface area contributed by atoms with Crippen molar-refractivity contribution in [1.29, 1.82) is 0 Å². The summed E-state index contributed by atoms with van der Waals surface area (Å²) < 4.78 is 0.869. The molecule has 6 nitrogen and oxygen atoms in total. The Morgan fingerprint density at radius 1 is 1.10 bits per heavy atom. The van der Waals surface area contributed by atoms with Gasteiger partial charge in [0.1, 0.15) is 0 Å². The zero-order valence-corrected chi connectivity index (χ0v) is 19.8. The minimum atomic E-state index is -0.0639. The van der Waals surface area contributed by atoms with Crippen molar-refractivity contribution in [3.8, 4) is 0 Å². The number of aromatic nitrogens is 3. The molecule has 0 radical (unpaired) electrons. The van der Waals surface area contributed by atoms with Crippen molar-refractivity contribution in [2.75, 3.05) is 10.2 Å². The molecule has 0 bridgehead atoms. The fraction of sp³-hybridized carbons (Fsp3) is 0.182. The Morgan fingerprint density at radius 2 is 1.90 bits per heavy atom. The number of carbonyl (C=O) groups is 1. The molecule has 0 spiro atoms. The van der Waals surface area contributed by atoms with Crippen LogP contribution in [0, 0.1) is 13.8 Å². The summed E-state index contributed by atoms with van der Waals surface area (Å²) in [7, 11) is 0. The number of anilines is 4. The van der Waals surface area contributed by atoms with Gasteiger partial charge in [-0.3, -0.25) is 9.69 Å². The molecule has 0 fully saturated rings. The normalized spacial score (nSPS) is 10.8. The molecule has 0 atom stereocenters. The third-order valence-corrected chi connectivity index (χ3v) is 7.54. The van der Waals surface area contributed by atoms with Crippen molar-refractivity contribution in [3.05, 3.63) is 70.7 Å². The summed E-state index contributed by atoms with van der Waals surface area (Å²) in [6, 6.07) is 15.7. The lowest BCUT2D eigenvalue weighted by molar-refractivity contribution is -0.115. The number of nitrogens with one attached hydrogen (secondary N) is 1. The predicted octanol–water partition coefficient (Wildman–Crippen LogP) is 6.33. The maximum absolute atomic E-state index is 12.2. The number of rotatable bonds is 7. The van der Waals surface area contributed by atoms with Crippen LogP contribution in [0.3, 0.4) is 0 Å². The number of amides is 1.